The fraction of sp³-hybridized carbons (Fsp3) is 0.391. The van der Waals surface area contributed by atoms with Gasteiger partial charge in [-0.2, -0.15) is 11.8 Å². The van der Waals surface area contributed by atoms with E-state index in [2.05, 4.69) is 26.1 Å². The molecule has 1 aliphatic rings. The van der Waals surface area contributed by atoms with E-state index in [1.807, 2.05) is 71.3 Å². The molecule has 29 heavy (non-hydrogen) atoms. The SMILES string of the molecule is CC(C)(C)SCCNC(=O)c1ccc(C2SCC(=O)N2Cc2ccccc2)cc1. The van der Waals surface area contributed by atoms with E-state index in [1.165, 1.54) is 0 Å². The second-order valence-corrected chi connectivity index (χ2v) is 11.0. The Labute approximate surface area is 181 Å². The molecule has 1 atom stereocenters. The van der Waals surface area contributed by atoms with E-state index >= 15 is 0 Å². The van der Waals surface area contributed by atoms with Crippen molar-refractivity contribution in [3.8, 4) is 0 Å². The minimum Gasteiger partial charge on any atom is -0.351 e. The van der Waals surface area contributed by atoms with Crippen LogP contribution in [-0.2, 0) is 11.3 Å². The van der Waals surface area contributed by atoms with E-state index in [4.69, 9.17) is 0 Å². The molecule has 1 saturated heterocycles. The minimum atomic E-state index is -0.0534. The molecule has 1 fully saturated rings. The first kappa shape index (κ1) is 21.8. The van der Waals surface area contributed by atoms with Gasteiger partial charge in [-0.3, -0.25) is 9.59 Å². The monoisotopic (exact) mass is 428 g/mol. The van der Waals surface area contributed by atoms with Crippen LogP contribution in [0.15, 0.2) is 54.6 Å². The molecule has 2 amide bonds. The van der Waals surface area contributed by atoms with Crippen LogP contribution < -0.4 is 5.32 Å². The predicted molar refractivity (Wildman–Crippen MR) is 123 cm³/mol. The molecule has 2 aromatic rings. The van der Waals surface area contributed by atoms with Gasteiger partial charge in [-0.1, -0.05) is 63.2 Å². The van der Waals surface area contributed by atoms with Crippen LogP contribution in [0.4, 0.5) is 0 Å². The maximum Gasteiger partial charge on any atom is 0.251 e. The average molecular weight is 429 g/mol. The number of rotatable bonds is 7. The summed E-state index contributed by atoms with van der Waals surface area (Å²) in [6.07, 6.45) is 0. The third-order valence-corrected chi connectivity index (χ3v) is 7.07. The summed E-state index contributed by atoms with van der Waals surface area (Å²) < 4.78 is 0.203. The second kappa shape index (κ2) is 9.72. The Hall–Kier alpha value is -1.92. The van der Waals surface area contributed by atoms with Gasteiger partial charge in [0.1, 0.15) is 5.37 Å². The van der Waals surface area contributed by atoms with Crippen LogP contribution in [0.5, 0.6) is 0 Å². The molecule has 0 bridgehead atoms. The van der Waals surface area contributed by atoms with Crippen molar-refractivity contribution in [2.24, 2.45) is 0 Å². The van der Waals surface area contributed by atoms with Crippen LogP contribution in [0.2, 0.25) is 0 Å². The average Bonchev–Trinajstić information content (AvgIpc) is 3.06. The van der Waals surface area contributed by atoms with Crippen molar-refractivity contribution in [1.29, 1.82) is 0 Å². The van der Waals surface area contributed by atoms with Gasteiger partial charge in [0.15, 0.2) is 0 Å². The minimum absolute atomic E-state index is 0.0111. The van der Waals surface area contributed by atoms with Gasteiger partial charge in [0.2, 0.25) is 5.91 Å². The van der Waals surface area contributed by atoms with E-state index in [1.54, 1.807) is 11.8 Å². The molecule has 0 aromatic heterocycles. The van der Waals surface area contributed by atoms with Gasteiger partial charge in [0.25, 0.3) is 5.91 Å². The number of amides is 2. The highest BCUT2D eigenvalue weighted by Gasteiger charge is 2.32. The van der Waals surface area contributed by atoms with Crippen LogP contribution in [-0.4, -0.2) is 39.5 Å². The standard InChI is InChI=1S/C23H28N2O2S2/c1-23(2,3)29-14-13-24-21(27)18-9-11-19(12-10-18)22-25(20(26)16-28-22)15-17-7-5-4-6-8-17/h4-12,22H,13-16H2,1-3H3,(H,24,27). The molecule has 3 rings (SSSR count). The topological polar surface area (TPSA) is 49.4 Å². The summed E-state index contributed by atoms with van der Waals surface area (Å²) in [5.74, 6) is 1.48. The summed E-state index contributed by atoms with van der Waals surface area (Å²) >= 11 is 3.47. The third-order valence-electron chi connectivity index (χ3n) is 4.54. The molecule has 0 radical (unpaired) electrons. The molecule has 0 spiro atoms. The molecule has 0 aliphatic carbocycles. The molecule has 1 aliphatic heterocycles. The Morgan fingerprint density at radius 1 is 1.14 bits per heavy atom. The predicted octanol–water partition coefficient (Wildman–Crippen LogP) is 4.72. The van der Waals surface area contributed by atoms with Gasteiger partial charge in [-0.15, -0.1) is 11.8 Å². The molecule has 154 valence electrons. The van der Waals surface area contributed by atoms with Gasteiger partial charge >= 0.3 is 0 Å². The fourth-order valence-corrected chi connectivity index (χ4v) is 5.11. The Kier molecular flexibility index (Phi) is 7.30. The summed E-state index contributed by atoms with van der Waals surface area (Å²) in [7, 11) is 0. The number of carbonyl (C=O) groups excluding carboxylic acids is 2. The van der Waals surface area contributed by atoms with E-state index in [-0.39, 0.29) is 21.9 Å². The van der Waals surface area contributed by atoms with Crippen molar-refractivity contribution < 1.29 is 9.59 Å². The molecule has 6 heteroatoms. The molecular formula is C23H28N2O2S2. The summed E-state index contributed by atoms with van der Waals surface area (Å²) in [4.78, 5) is 26.7. The fourth-order valence-electron chi connectivity index (χ4n) is 3.10. The normalized spacial score (nSPS) is 16.9. The number of carbonyl (C=O) groups is 2. The lowest BCUT2D eigenvalue weighted by Gasteiger charge is -2.24. The highest BCUT2D eigenvalue weighted by Crippen LogP contribution is 2.39. The summed E-state index contributed by atoms with van der Waals surface area (Å²) in [5.41, 5.74) is 2.83. The number of benzene rings is 2. The number of hydrogen-bond donors (Lipinski definition) is 1. The molecule has 1 unspecified atom stereocenters. The summed E-state index contributed by atoms with van der Waals surface area (Å²) in [6.45, 7) is 7.77. The molecular weight excluding hydrogens is 400 g/mol. The van der Waals surface area contributed by atoms with Crippen molar-refractivity contribution in [3.63, 3.8) is 0 Å². The summed E-state index contributed by atoms with van der Waals surface area (Å²) in [5, 5.41) is 2.97. The molecule has 2 aromatic carbocycles. The zero-order chi connectivity index (χ0) is 20.9. The van der Waals surface area contributed by atoms with Gasteiger partial charge in [0.05, 0.1) is 5.75 Å². The van der Waals surface area contributed by atoms with Crippen LogP contribution in [0.3, 0.4) is 0 Å². The summed E-state index contributed by atoms with van der Waals surface area (Å²) in [6, 6.07) is 17.7. The first-order valence-corrected chi connectivity index (χ1v) is 11.8. The Morgan fingerprint density at radius 3 is 2.48 bits per heavy atom. The van der Waals surface area contributed by atoms with Crippen molar-refractivity contribution in [1.82, 2.24) is 10.2 Å². The first-order chi connectivity index (χ1) is 13.8. The van der Waals surface area contributed by atoms with E-state index in [0.29, 0.717) is 24.4 Å². The van der Waals surface area contributed by atoms with Crippen LogP contribution >= 0.6 is 23.5 Å². The maximum absolute atomic E-state index is 12.4. The first-order valence-electron chi connectivity index (χ1n) is 9.80. The zero-order valence-electron chi connectivity index (χ0n) is 17.2. The van der Waals surface area contributed by atoms with Crippen molar-refractivity contribution >= 4 is 35.3 Å². The smallest absolute Gasteiger partial charge is 0.251 e. The van der Waals surface area contributed by atoms with Crippen molar-refractivity contribution in [2.45, 2.75) is 37.4 Å². The highest BCUT2D eigenvalue weighted by atomic mass is 32.2. The van der Waals surface area contributed by atoms with Gasteiger partial charge in [0, 0.05) is 29.2 Å². The highest BCUT2D eigenvalue weighted by molar-refractivity contribution is 8.00. The molecule has 1 heterocycles. The molecule has 4 nitrogen and oxygen atoms in total. The largest absolute Gasteiger partial charge is 0.351 e. The van der Waals surface area contributed by atoms with E-state index < -0.39 is 0 Å². The van der Waals surface area contributed by atoms with E-state index in [9.17, 15) is 9.59 Å². The van der Waals surface area contributed by atoms with Crippen LogP contribution in [0, 0.1) is 0 Å². The molecule has 1 N–H and O–H groups in total. The van der Waals surface area contributed by atoms with Gasteiger partial charge in [-0.05, 0) is 23.3 Å². The number of hydrogen-bond acceptors (Lipinski definition) is 4. The quantitative estimate of drug-likeness (QED) is 0.648. The van der Waals surface area contributed by atoms with Crippen molar-refractivity contribution in [2.75, 3.05) is 18.1 Å². The Bertz CT molecular complexity index is 832. The Morgan fingerprint density at radius 2 is 1.83 bits per heavy atom. The second-order valence-electron chi connectivity index (χ2n) is 8.01. The molecule has 0 saturated carbocycles. The number of nitrogens with one attached hydrogen (secondary N) is 1. The van der Waals surface area contributed by atoms with E-state index in [0.717, 1.165) is 16.9 Å². The number of nitrogens with zero attached hydrogens (tertiary/aromatic N) is 1. The third kappa shape index (κ3) is 6.28. The number of thioether (sulfide) groups is 2. The van der Waals surface area contributed by atoms with Crippen molar-refractivity contribution in [3.05, 3.63) is 71.3 Å². The Balaban J connectivity index is 1.60. The zero-order valence-corrected chi connectivity index (χ0v) is 18.8. The van der Waals surface area contributed by atoms with Crippen LogP contribution in [0.1, 0.15) is 47.6 Å². The van der Waals surface area contributed by atoms with Crippen LogP contribution in [0.25, 0.3) is 0 Å². The van der Waals surface area contributed by atoms with Gasteiger partial charge < -0.3 is 10.2 Å². The lowest BCUT2D eigenvalue weighted by Crippen LogP contribution is -2.28. The van der Waals surface area contributed by atoms with Gasteiger partial charge in [-0.25, -0.2) is 0 Å². The lowest BCUT2D eigenvalue weighted by molar-refractivity contribution is -0.128. The maximum atomic E-state index is 12.4. The lowest BCUT2D eigenvalue weighted by atomic mass is 10.1.